The second kappa shape index (κ2) is 7.64. The summed E-state index contributed by atoms with van der Waals surface area (Å²) < 4.78 is 38.2. The van der Waals surface area contributed by atoms with E-state index in [4.69, 9.17) is 0 Å². The number of alkyl halides is 3. The molecule has 0 spiro atoms. The van der Waals surface area contributed by atoms with Crippen LogP contribution in [-0.2, 0) is 6.18 Å². The molecule has 2 aromatic rings. The highest BCUT2D eigenvalue weighted by Gasteiger charge is 2.33. The Labute approximate surface area is 148 Å². The van der Waals surface area contributed by atoms with Crippen molar-refractivity contribution < 1.29 is 18.0 Å². The Morgan fingerprint density at radius 3 is 2.40 bits per heavy atom. The number of hydrogen-bond acceptors (Lipinski definition) is 5. The van der Waals surface area contributed by atoms with Crippen LogP contribution in [0.2, 0.25) is 0 Å². The summed E-state index contributed by atoms with van der Waals surface area (Å²) in [4.78, 5) is 27.0. The lowest BCUT2D eigenvalue weighted by molar-refractivity contribution is -0.141. The maximum Gasteiger partial charge on any atom is 0.433 e. The Hall–Kier alpha value is -2.42. The third-order valence-electron chi connectivity index (χ3n) is 3.69. The quantitative estimate of drug-likeness (QED) is 0.808. The fourth-order valence-electron chi connectivity index (χ4n) is 2.44. The zero-order valence-electron chi connectivity index (χ0n) is 13.0. The van der Waals surface area contributed by atoms with Crippen LogP contribution in [0.25, 0.3) is 0 Å². The molecule has 1 saturated heterocycles. The normalized spacial score (nSPS) is 14.8. The lowest BCUT2D eigenvalue weighted by Gasteiger charge is -2.34. The van der Waals surface area contributed by atoms with Crippen molar-refractivity contribution in [2.24, 2.45) is 0 Å². The van der Waals surface area contributed by atoms with Crippen LogP contribution in [-0.4, -0.2) is 51.9 Å². The molecule has 0 atom stereocenters. The fraction of sp³-hybridized carbons (Fsp3) is 0.333. The summed E-state index contributed by atoms with van der Waals surface area (Å²) in [5.74, 6) is -0.119. The van der Waals surface area contributed by atoms with Gasteiger partial charge in [0.05, 0.1) is 5.56 Å². The predicted molar refractivity (Wildman–Crippen MR) is 86.6 cm³/mol. The van der Waals surface area contributed by atoms with Gasteiger partial charge in [-0.2, -0.15) is 13.2 Å². The molecule has 2 aromatic heterocycles. The van der Waals surface area contributed by atoms with Gasteiger partial charge in [-0.3, -0.25) is 9.78 Å². The van der Waals surface area contributed by atoms with Crippen LogP contribution in [0.5, 0.6) is 0 Å². The van der Waals surface area contributed by atoms with Gasteiger partial charge in [0.1, 0.15) is 5.69 Å². The van der Waals surface area contributed by atoms with E-state index in [0.29, 0.717) is 31.7 Å². The maximum atomic E-state index is 12.7. The van der Waals surface area contributed by atoms with Gasteiger partial charge >= 0.3 is 6.18 Å². The highest BCUT2D eigenvalue weighted by molar-refractivity contribution is 5.94. The van der Waals surface area contributed by atoms with Crippen LogP contribution in [0.1, 0.15) is 16.1 Å². The van der Waals surface area contributed by atoms with E-state index in [2.05, 4.69) is 15.0 Å². The monoisotopic (exact) mass is 373 g/mol. The van der Waals surface area contributed by atoms with Crippen LogP contribution in [0.4, 0.5) is 19.1 Å². The molecular weight excluding hydrogens is 359 g/mol. The molecule has 1 aliphatic heterocycles. The smallest absolute Gasteiger partial charge is 0.337 e. The minimum atomic E-state index is -4.50. The molecule has 0 N–H and O–H groups in total. The van der Waals surface area contributed by atoms with Gasteiger partial charge in [0.2, 0.25) is 5.95 Å². The average molecular weight is 374 g/mol. The summed E-state index contributed by atoms with van der Waals surface area (Å²) in [6.45, 7) is 1.50. The number of anilines is 1. The molecule has 3 rings (SSSR count). The zero-order chi connectivity index (χ0) is 17.2. The number of amides is 1. The molecule has 0 aliphatic carbocycles. The fourth-order valence-corrected chi connectivity index (χ4v) is 2.44. The first-order valence-electron chi connectivity index (χ1n) is 7.29. The van der Waals surface area contributed by atoms with Crippen LogP contribution in [0, 0.1) is 0 Å². The van der Waals surface area contributed by atoms with E-state index in [9.17, 15) is 18.0 Å². The van der Waals surface area contributed by atoms with Gasteiger partial charge in [0.15, 0.2) is 0 Å². The van der Waals surface area contributed by atoms with Crippen LogP contribution in [0.15, 0.2) is 36.8 Å². The molecule has 3 heterocycles. The van der Waals surface area contributed by atoms with Crippen molar-refractivity contribution in [3.05, 3.63) is 48.0 Å². The van der Waals surface area contributed by atoms with Gasteiger partial charge in [-0.05, 0) is 18.2 Å². The minimum Gasteiger partial charge on any atom is -0.337 e. The molecule has 1 fully saturated rings. The molecule has 0 unspecified atom stereocenters. The van der Waals surface area contributed by atoms with Crippen molar-refractivity contribution >= 4 is 24.3 Å². The van der Waals surface area contributed by atoms with Gasteiger partial charge < -0.3 is 9.80 Å². The number of halogens is 4. The molecule has 134 valence electrons. The molecule has 0 aromatic carbocycles. The highest BCUT2D eigenvalue weighted by atomic mass is 35.5. The average Bonchev–Trinajstić information content (AvgIpc) is 2.61. The Kier molecular flexibility index (Phi) is 5.78. The van der Waals surface area contributed by atoms with Crippen LogP contribution in [0.3, 0.4) is 0 Å². The Balaban J connectivity index is 0.00000225. The van der Waals surface area contributed by atoms with Crippen molar-refractivity contribution in [1.29, 1.82) is 0 Å². The summed E-state index contributed by atoms with van der Waals surface area (Å²) in [6, 6.07) is 4.20. The lowest BCUT2D eigenvalue weighted by Crippen LogP contribution is -2.49. The van der Waals surface area contributed by atoms with Gasteiger partial charge in [0.25, 0.3) is 5.91 Å². The van der Waals surface area contributed by atoms with Crippen LogP contribution >= 0.6 is 12.4 Å². The van der Waals surface area contributed by atoms with E-state index in [0.717, 1.165) is 12.3 Å². The van der Waals surface area contributed by atoms with E-state index < -0.39 is 11.9 Å². The standard InChI is InChI=1S/C15H14F3N5O.ClH/c16-15(17,18)12-3-5-20-14(21-12)23-8-6-22(7-9-23)13(24)11-2-1-4-19-10-11;/h1-5,10H,6-9H2;1H. The molecule has 0 radical (unpaired) electrons. The molecule has 0 saturated carbocycles. The van der Waals surface area contributed by atoms with Crippen molar-refractivity contribution in [1.82, 2.24) is 19.9 Å². The molecule has 6 nitrogen and oxygen atoms in total. The van der Waals surface area contributed by atoms with Gasteiger partial charge in [0, 0.05) is 44.8 Å². The third kappa shape index (κ3) is 4.36. The minimum absolute atomic E-state index is 0. The molecule has 25 heavy (non-hydrogen) atoms. The summed E-state index contributed by atoms with van der Waals surface area (Å²) in [6.07, 6.45) is -0.335. The third-order valence-corrected chi connectivity index (χ3v) is 3.69. The van der Waals surface area contributed by atoms with E-state index in [-0.39, 0.29) is 24.3 Å². The Bertz CT molecular complexity index is 721. The summed E-state index contributed by atoms with van der Waals surface area (Å²) >= 11 is 0. The number of rotatable bonds is 2. The topological polar surface area (TPSA) is 62.2 Å². The summed E-state index contributed by atoms with van der Waals surface area (Å²) in [5.41, 5.74) is -0.484. The van der Waals surface area contributed by atoms with E-state index in [1.54, 1.807) is 28.1 Å². The second-order valence-corrected chi connectivity index (χ2v) is 5.26. The predicted octanol–water partition coefficient (Wildman–Crippen LogP) is 2.27. The van der Waals surface area contributed by atoms with Crippen molar-refractivity contribution in [3.8, 4) is 0 Å². The number of nitrogens with zero attached hydrogens (tertiary/aromatic N) is 5. The maximum absolute atomic E-state index is 12.7. The molecular formula is C15H15ClF3N5O. The number of hydrogen-bond donors (Lipinski definition) is 0. The molecule has 0 bridgehead atoms. The number of pyridine rings is 1. The molecule has 10 heteroatoms. The van der Waals surface area contributed by atoms with Gasteiger partial charge in [-0.1, -0.05) is 0 Å². The zero-order valence-corrected chi connectivity index (χ0v) is 13.8. The largest absolute Gasteiger partial charge is 0.433 e. The van der Waals surface area contributed by atoms with Gasteiger partial charge in [-0.25, -0.2) is 9.97 Å². The van der Waals surface area contributed by atoms with E-state index >= 15 is 0 Å². The molecule has 1 amide bonds. The van der Waals surface area contributed by atoms with Crippen molar-refractivity contribution in [2.45, 2.75) is 6.18 Å². The van der Waals surface area contributed by atoms with Crippen molar-refractivity contribution in [3.63, 3.8) is 0 Å². The number of carbonyl (C=O) groups is 1. The van der Waals surface area contributed by atoms with Gasteiger partial charge in [-0.15, -0.1) is 12.4 Å². The first-order chi connectivity index (χ1) is 11.4. The summed E-state index contributed by atoms with van der Waals surface area (Å²) in [7, 11) is 0. The van der Waals surface area contributed by atoms with E-state index in [1.165, 1.54) is 6.20 Å². The number of piperazine rings is 1. The van der Waals surface area contributed by atoms with Crippen LogP contribution < -0.4 is 4.90 Å². The molecule has 1 aliphatic rings. The Morgan fingerprint density at radius 1 is 1.08 bits per heavy atom. The SMILES string of the molecule is Cl.O=C(c1cccnc1)N1CCN(c2nccc(C(F)(F)F)n2)CC1. The van der Waals surface area contributed by atoms with Crippen molar-refractivity contribution in [2.75, 3.05) is 31.1 Å². The van der Waals surface area contributed by atoms with E-state index in [1.807, 2.05) is 0 Å². The highest BCUT2D eigenvalue weighted by Crippen LogP contribution is 2.28. The first kappa shape index (κ1) is 18.9. The summed E-state index contributed by atoms with van der Waals surface area (Å²) in [5, 5.41) is 0. The number of carbonyl (C=O) groups excluding carboxylic acids is 1. The Morgan fingerprint density at radius 2 is 1.80 bits per heavy atom. The second-order valence-electron chi connectivity index (χ2n) is 5.26. The first-order valence-corrected chi connectivity index (χ1v) is 7.29. The number of aromatic nitrogens is 3. The lowest BCUT2D eigenvalue weighted by atomic mass is 10.2.